The van der Waals surface area contributed by atoms with E-state index in [1.807, 2.05) is 13.1 Å². The maximum atomic E-state index is 4.39. The molecule has 0 spiro atoms. The molecule has 3 heteroatoms. The molecule has 1 N–H and O–H groups in total. The van der Waals surface area contributed by atoms with Crippen molar-refractivity contribution in [2.24, 2.45) is 0 Å². The Morgan fingerprint density at radius 1 is 1.22 bits per heavy atom. The van der Waals surface area contributed by atoms with Gasteiger partial charge in [-0.25, -0.2) is 4.98 Å². The predicted octanol–water partition coefficient (Wildman–Crippen LogP) is 5.02. The molecular weight excluding hydrogens is 288 g/mol. The molecule has 0 saturated heterocycles. The first-order valence-corrected chi connectivity index (χ1v) is 6.84. The number of hydrogen-bond acceptors (Lipinski definition) is 2. The second-order valence-electron chi connectivity index (χ2n) is 4.72. The third-order valence-corrected chi connectivity index (χ3v) is 3.29. The van der Waals surface area contributed by atoms with Crippen molar-refractivity contribution in [3.8, 4) is 0 Å². The van der Waals surface area contributed by atoms with Gasteiger partial charge in [0, 0.05) is 16.4 Å². The average molecular weight is 305 g/mol. The van der Waals surface area contributed by atoms with Crippen LogP contribution < -0.4 is 5.32 Å². The van der Waals surface area contributed by atoms with E-state index in [4.69, 9.17) is 0 Å². The van der Waals surface area contributed by atoms with Crippen LogP contribution in [-0.4, -0.2) is 4.98 Å². The SMILES string of the molecule is Cc1cc(Br)cnc1Nc1cccc(C(C)C)c1. The van der Waals surface area contributed by atoms with E-state index in [0.717, 1.165) is 21.5 Å². The summed E-state index contributed by atoms with van der Waals surface area (Å²) in [4.78, 5) is 4.39. The van der Waals surface area contributed by atoms with Gasteiger partial charge in [0.25, 0.3) is 0 Å². The van der Waals surface area contributed by atoms with E-state index in [1.165, 1.54) is 5.56 Å². The first kappa shape index (κ1) is 13.1. The predicted molar refractivity (Wildman–Crippen MR) is 80.5 cm³/mol. The lowest BCUT2D eigenvalue weighted by Gasteiger charge is -2.11. The fourth-order valence-electron chi connectivity index (χ4n) is 1.78. The Bertz CT molecular complexity index is 550. The molecule has 0 atom stereocenters. The quantitative estimate of drug-likeness (QED) is 0.861. The molecule has 0 aliphatic carbocycles. The summed E-state index contributed by atoms with van der Waals surface area (Å²) in [5, 5.41) is 3.36. The highest BCUT2D eigenvalue weighted by molar-refractivity contribution is 9.10. The molecule has 1 aromatic heterocycles. The van der Waals surface area contributed by atoms with Crippen LogP contribution >= 0.6 is 15.9 Å². The second-order valence-corrected chi connectivity index (χ2v) is 5.64. The van der Waals surface area contributed by atoms with Crippen LogP contribution in [0.2, 0.25) is 0 Å². The maximum absolute atomic E-state index is 4.39. The number of anilines is 2. The molecule has 0 amide bonds. The first-order valence-electron chi connectivity index (χ1n) is 6.05. The third kappa shape index (κ3) is 3.10. The van der Waals surface area contributed by atoms with Crippen LogP contribution in [0.1, 0.15) is 30.9 Å². The average Bonchev–Trinajstić information content (AvgIpc) is 2.33. The van der Waals surface area contributed by atoms with Crippen molar-refractivity contribution < 1.29 is 0 Å². The zero-order valence-corrected chi connectivity index (χ0v) is 12.5. The Labute approximate surface area is 117 Å². The topological polar surface area (TPSA) is 24.9 Å². The van der Waals surface area contributed by atoms with Crippen molar-refractivity contribution in [1.29, 1.82) is 0 Å². The highest BCUT2D eigenvalue weighted by Gasteiger charge is 2.03. The molecule has 1 aromatic carbocycles. The molecule has 0 bridgehead atoms. The van der Waals surface area contributed by atoms with E-state index in [2.05, 4.69) is 70.4 Å². The van der Waals surface area contributed by atoms with E-state index >= 15 is 0 Å². The minimum atomic E-state index is 0.533. The van der Waals surface area contributed by atoms with Gasteiger partial charge in [-0.2, -0.15) is 0 Å². The number of halogens is 1. The monoisotopic (exact) mass is 304 g/mol. The van der Waals surface area contributed by atoms with Crippen LogP contribution in [0.5, 0.6) is 0 Å². The van der Waals surface area contributed by atoms with Crippen molar-refractivity contribution >= 4 is 27.4 Å². The molecule has 2 rings (SSSR count). The van der Waals surface area contributed by atoms with Crippen molar-refractivity contribution in [1.82, 2.24) is 4.98 Å². The molecule has 18 heavy (non-hydrogen) atoms. The lowest BCUT2D eigenvalue weighted by atomic mass is 10.0. The van der Waals surface area contributed by atoms with Gasteiger partial charge in [-0.1, -0.05) is 26.0 Å². The number of aromatic nitrogens is 1. The zero-order valence-electron chi connectivity index (χ0n) is 10.9. The number of hydrogen-bond donors (Lipinski definition) is 1. The second kappa shape index (κ2) is 5.53. The lowest BCUT2D eigenvalue weighted by molar-refractivity contribution is 0.867. The molecule has 2 aromatic rings. The summed E-state index contributed by atoms with van der Waals surface area (Å²) in [6, 6.07) is 10.5. The molecule has 0 aliphatic rings. The first-order chi connectivity index (χ1) is 8.56. The summed E-state index contributed by atoms with van der Waals surface area (Å²) < 4.78 is 1.00. The highest BCUT2D eigenvalue weighted by Crippen LogP contribution is 2.23. The number of aryl methyl sites for hydroxylation is 1. The summed E-state index contributed by atoms with van der Waals surface area (Å²) in [6.07, 6.45) is 1.81. The van der Waals surface area contributed by atoms with Crippen LogP contribution in [0.25, 0.3) is 0 Å². The Balaban J connectivity index is 2.25. The minimum absolute atomic E-state index is 0.533. The molecule has 94 valence electrons. The van der Waals surface area contributed by atoms with Crippen molar-refractivity contribution in [3.63, 3.8) is 0 Å². The Morgan fingerprint density at radius 3 is 2.67 bits per heavy atom. The summed E-state index contributed by atoms with van der Waals surface area (Å²) >= 11 is 3.42. The van der Waals surface area contributed by atoms with Gasteiger partial charge in [-0.3, -0.25) is 0 Å². The third-order valence-electron chi connectivity index (χ3n) is 2.86. The Kier molecular flexibility index (Phi) is 4.02. The number of benzene rings is 1. The van der Waals surface area contributed by atoms with Gasteiger partial charge in [-0.05, 0) is 58.1 Å². The summed E-state index contributed by atoms with van der Waals surface area (Å²) in [6.45, 7) is 6.44. The molecule has 1 heterocycles. The van der Waals surface area contributed by atoms with Crippen LogP contribution in [0.4, 0.5) is 11.5 Å². The fourth-order valence-corrected chi connectivity index (χ4v) is 2.23. The summed E-state index contributed by atoms with van der Waals surface area (Å²) in [5.74, 6) is 1.44. The molecule has 0 saturated carbocycles. The molecule has 2 nitrogen and oxygen atoms in total. The van der Waals surface area contributed by atoms with E-state index in [0.29, 0.717) is 5.92 Å². The van der Waals surface area contributed by atoms with Crippen LogP contribution in [0.3, 0.4) is 0 Å². The van der Waals surface area contributed by atoms with Gasteiger partial charge in [0.1, 0.15) is 5.82 Å². The van der Waals surface area contributed by atoms with Crippen LogP contribution in [0, 0.1) is 6.92 Å². The minimum Gasteiger partial charge on any atom is -0.340 e. The van der Waals surface area contributed by atoms with Gasteiger partial charge in [0.05, 0.1) is 0 Å². The van der Waals surface area contributed by atoms with Gasteiger partial charge in [-0.15, -0.1) is 0 Å². The van der Waals surface area contributed by atoms with Crippen molar-refractivity contribution in [2.75, 3.05) is 5.32 Å². The molecule has 0 radical (unpaired) electrons. The lowest BCUT2D eigenvalue weighted by Crippen LogP contribution is -1.97. The molecule has 0 unspecified atom stereocenters. The number of nitrogens with zero attached hydrogens (tertiary/aromatic N) is 1. The number of rotatable bonds is 3. The number of pyridine rings is 1. The summed E-state index contributed by atoms with van der Waals surface area (Å²) in [5.41, 5.74) is 3.54. The molecular formula is C15H17BrN2. The van der Waals surface area contributed by atoms with Gasteiger partial charge < -0.3 is 5.32 Å². The van der Waals surface area contributed by atoms with E-state index < -0.39 is 0 Å². The highest BCUT2D eigenvalue weighted by atomic mass is 79.9. The van der Waals surface area contributed by atoms with Crippen molar-refractivity contribution in [3.05, 3.63) is 52.1 Å². The Hall–Kier alpha value is -1.35. The van der Waals surface area contributed by atoms with Crippen LogP contribution in [-0.2, 0) is 0 Å². The molecule has 0 aliphatic heterocycles. The van der Waals surface area contributed by atoms with Gasteiger partial charge in [0.2, 0.25) is 0 Å². The largest absolute Gasteiger partial charge is 0.340 e. The smallest absolute Gasteiger partial charge is 0.133 e. The fraction of sp³-hybridized carbons (Fsp3) is 0.267. The van der Waals surface area contributed by atoms with Crippen molar-refractivity contribution in [2.45, 2.75) is 26.7 Å². The maximum Gasteiger partial charge on any atom is 0.133 e. The van der Waals surface area contributed by atoms with E-state index in [1.54, 1.807) is 0 Å². The standard InChI is InChI=1S/C15H17BrN2/c1-10(2)12-5-4-6-14(8-12)18-15-11(3)7-13(16)9-17-15/h4-10H,1-3H3,(H,17,18). The van der Waals surface area contributed by atoms with Crippen LogP contribution in [0.15, 0.2) is 41.0 Å². The number of nitrogens with one attached hydrogen (secondary N) is 1. The zero-order chi connectivity index (χ0) is 13.1. The summed E-state index contributed by atoms with van der Waals surface area (Å²) in [7, 11) is 0. The Morgan fingerprint density at radius 2 is 2.00 bits per heavy atom. The van der Waals surface area contributed by atoms with Gasteiger partial charge >= 0.3 is 0 Å². The normalized spacial score (nSPS) is 10.7. The van der Waals surface area contributed by atoms with E-state index in [-0.39, 0.29) is 0 Å². The van der Waals surface area contributed by atoms with Gasteiger partial charge in [0.15, 0.2) is 0 Å². The van der Waals surface area contributed by atoms with E-state index in [9.17, 15) is 0 Å². The molecule has 0 fully saturated rings.